The molecular formula is C25H29N3O4. The predicted molar refractivity (Wildman–Crippen MR) is 122 cm³/mol. The molecule has 0 unspecified atom stereocenters. The van der Waals surface area contributed by atoms with Gasteiger partial charge in [-0.15, -0.1) is 0 Å². The SMILES string of the molecule is Cc1ccc(-c2cnc(CCC(=O)NNC(=O)COc3cc(C)ccc3C(C)C)o2)cc1. The largest absolute Gasteiger partial charge is 0.483 e. The highest BCUT2D eigenvalue weighted by atomic mass is 16.5. The van der Waals surface area contributed by atoms with Crippen LogP contribution < -0.4 is 15.6 Å². The molecule has 3 aromatic rings. The molecule has 0 spiro atoms. The fraction of sp³-hybridized carbons (Fsp3) is 0.320. The summed E-state index contributed by atoms with van der Waals surface area (Å²) in [6, 6.07) is 13.8. The maximum Gasteiger partial charge on any atom is 0.276 e. The Labute approximate surface area is 188 Å². The van der Waals surface area contributed by atoms with Gasteiger partial charge in [-0.05, 0) is 37.0 Å². The Morgan fingerprint density at radius 1 is 1.00 bits per heavy atom. The molecule has 3 rings (SSSR count). The molecule has 2 amide bonds. The Bertz CT molecular complexity index is 1070. The van der Waals surface area contributed by atoms with Gasteiger partial charge in [0.1, 0.15) is 5.75 Å². The highest BCUT2D eigenvalue weighted by molar-refractivity contribution is 5.82. The van der Waals surface area contributed by atoms with Crippen molar-refractivity contribution >= 4 is 11.8 Å². The first-order valence-electron chi connectivity index (χ1n) is 10.6. The van der Waals surface area contributed by atoms with Crippen LogP contribution in [0.25, 0.3) is 11.3 Å². The third-order valence-corrected chi connectivity index (χ3v) is 4.95. The zero-order chi connectivity index (χ0) is 23.1. The molecule has 1 heterocycles. The molecule has 0 saturated carbocycles. The lowest BCUT2D eigenvalue weighted by atomic mass is 10.0. The van der Waals surface area contributed by atoms with Crippen LogP contribution in [0.5, 0.6) is 5.75 Å². The second-order valence-electron chi connectivity index (χ2n) is 8.07. The van der Waals surface area contributed by atoms with Crippen molar-refractivity contribution < 1.29 is 18.7 Å². The molecule has 0 radical (unpaired) electrons. The van der Waals surface area contributed by atoms with E-state index in [4.69, 9.17) is 9.15 Å². The van der Waals surface area contributed by atoms with Crippen LogP contribution in [0.1, 0.15) is 48.8 Å². The number of hydrogen-bond donors (Lipinski definition) is 2. The van der Waals surface area contributed by atoms with E-state index in [-0.39, 0.29) is 24.9 Å². The summed E-state index contributed by atoms with van der Waals surface area (Å²) in [4.78, 5) is 28.3. The maximum absolute atomic E-state index is 12.1. The van der Waals surface area contributed by atoms with Crippen molar-refractivity contribution in [3.8, 4) is 17.1 Å². The molecule has 0 saturated heterocycles. The first kappa shape index (κ1) is 23.1. The van der Waals surface area contributed by atoms with Crippen molar-refractivity contribution in [2.24, 2.45) is 0 Å². The summed E-state index contributed by atoms with van der Waals surface area (Å²) in [5.41, 5.74) is 8.95. The molecule has 0 aliphatic carbocycles. The lowest BCUT2D eigenvalue weighted by Crippen LogP contribution is -2.43. The molecule has 7 heteroatoms. The molecule has 0 atom stereocenters. The number of rotatable bonds is 8. The molecule has 2 N–H and O–H groups in total. The van der Waals surface area contributed by atoms with Gasteiger partial charge < -0.3 is 9.15 Å². The molecule has 168 valence electrons. The van der Waals surface area contributed by atoms with Crippen molar-refractivity contribution in [3.63, 3.8) is 0 Å². The van der Waals surface area contributed by atoms with Gasteiger partial charge in [0.25, 0.3) is 5.91 Å². The lowest BCUT2D eigenvalue weighted by Gasteiger charge is -2.15. The van der Waals surface area contributed by atoms with Gasteiger partial charge in [0, 0.05) is 18.4 Å². The fourth-order valence-corrected chi connectivity index (χ4v) is 3.12. The fourth-order valence-electron chi connectivity index (χ4n) is 3.12. The highest BCUT2D eigenvalue weighted by Crippen LogP contribution is 2.27. The van der Waals surface area contributed by atoms with Crippen LogP contribution in [0.3, 0.4) is 0 Å². The molecule has 0 aliphatic heterocycles. The maximum atomic E-state index is 12.1. The van der Waals surface area contributed by atoms with E-state index in [0.29, 0.717) is 23.8 Å². The van der Waals surface area contributed by atoms with E-state index in [1.165, 1.54) is 0 Å². The Morgan fingerprint density at radius 3 is 2.41 bits per heavy atom. The van der Waals surface area contributed by atoms with Gasteiger partial charge >= 0.3 is 0 Å². The Kier molecular flexibility index (Phi) is 7.65. The van der Waals surface area contributed by atoms with Crippen molar-refractivity contribution in [3.05, 3.63) is 71.2 Å². The molecule has 0 fully saturated rings. The average Bonchev–Trinajstić information content (AvgIpc) is 3.24. The summed E-state index contributed by atoms with van der Waals surface area (Å²) in [5, 5.41) is 0. The number of hydrogen-bond acceptors (Lipinski definition) is 5. The number of aromatic nitrogens is 1. The zero-order valence-electron chi connectivity index (χ0n) is 18.9. The minimum absolute atomic E-state index is 0.129. The number of aryl methyl sites for hydroxylation is 3. The normalized spacial score (nSPS) is 10.8. The predicted octanol–water partition coefficient (Wildman–Crippen LogP) is 4.24. The topological polar surface area (TPSA) is 93.5 Å². The monoisotopic (exact) mass is 435 g/mol. The van der Waals surface area contributed by atoms with E-state index in [1.807, 2.05) is 56.3 Å². The summed E-state index contributed by atoms with van der Waals surface area (Å²) >= 11 is 0. The van der Waals surface area contributed by atoms with E-state index in [2.05, 4.69) is 29.7 Å². The number of nitrogens with zero attached hydrogens (tertiary/aromatic N) is 1. The van der Waals surface area contributed by atoms with E-state index in [0.717, 1.165) is 22.3 Å². The number of amides is 2. The molecule has 0 bridgehead atoms. The summed E-state index contributed by atoms with van der Waals surface area (Å²) in [6.45, 7) is 7.92. The molecule has 0 aliphatic rings. The van der Waals surface area contributed by atoms with Crippen molar-refractivity contribution in [2.45, 2.75) is 46.5 Å². The van der Waals surface area contributed by atoms with Crippen molar-refractivity contribution in [2.75, 3.05) is 6.61 Å². The molecular weight excluding hydrogens is 406 g/mol. The number of nitrogens with one attached hydrogen (secondary N) is 2. The van der Waals surface area contributed by atoms with E-state index in [1.54, 1.807) is 6.20 Å². The molecule has 32 heavy (non-hydrogen) atoms. The second kappa shape index (κ2) is 10.6. The second-order valence-corrected chi connectivity index (χ2v) is 8.07. The van der Waals surface area contributed by atoms with Crippen LogP contribution in [0.4, 0.5) is 0 Å². The minimum Gasteiger partial charge on any atom is -0.483 e. The van der Waals surface area contributed by atoms with Crippen LogP contribution in [-0.4, -0.2) is 23.4 Å². The van der Waals surface area contributed by atoms with Crippen molar-refractivity contribution in [1.29, 1.82) is 0 Å². The standard InChI is InChI=1S/C25H29N3O4/c1-16(2)20-10-7-18(4)13-21(20)31-15-24(30)28-27-23(29)11-12-25-26-14-22(32-25)19-8-5-17(3)6-9-19/h5-10,13-14,16H,11-12,15H2,1-4H3,(H,27,29)(H,28,30). The Balaban J connectivity index is 1.42. The third kappa shape index (κ3) is 6.44. The number of carbonyl (C=O) groups excluding carboxylic acids is 2. The van der Waals surface area contributed by atoms with Gasteiger partial charge in [0.05, 0.1) is 6.20 Å². The van der Waals surface area contributed by atoms with E-state index < -0.39 is 5.91 Å². The highest BCUT2D eigenvalue weighted by Gasteiger charge is 2.12. The van der Waals surface area contributed by atoms with Gasteiger partial charge in [-0.1, -0.05) is 55.8 Å². The van der Waals surface area contributed by atoms with E-state index >= 15 is 0 Å². The summed E-state index contributed by atoms with van der Waals surface area (Å²) in [6.07, 6.45) is 2.10. The first-order valence-corrected chi connectivity index (χ1v) is 10.6. The lowest BCUT2D eigenvalue weighted by molar-refractivity contribution is -0.130. The summed E-state index contributed by atoms with van der Waals surface area (Å²) in [7, 11) is 0. The van der Waals surface area contributed by atoms with Gasteiger partial charge in [-0.2, -0.15) is 0 Å². The Hall–Kier alpha value is -3.61. The number of oxazole rings is 1. The van der Waals surface area contributed by atoms with E-state index in [9.17, 15) is 9.59 Å². The number of hydrazine groups is 1. The average molecular weight is 436 g/mol. The minimum atomic E-state index is -0.438. The number of carbonyl (C=O) groups is 2. The van der Waals surface area contributed by atoms with Gasteiger partial charge in [0.15, 0.2) is 18.3 Å². The number of benzene rings is 2. The van der Waals surface area contributed by atoms with Crippen molar-refractivity contribution in [1.82, 2.24) is 15.8 Å². The summed E-state index contributed by atoms with van der Waals surface area (Å²) < 4.78 is 11.4. The number of ether oxygens (including phenoxy) is 1. The van der Waals surface area contributed by atoms with Crippen LogP contribution in [0, 0.1) is 13.8 Å². The molecule has 1 aromatic heterocycles. The van der Waals surface area contributed by atoms with Crippen LogP contribution in [0.15, 0.2) is 53.1 Å². The molecule has 7 nitrogen and oxygen atoms in total. The zero-order valence-corrected chi connectivity index (χ0v) is 18.9. The van der Waals surface area contributed by atoms with Crippen LogP contribution in [-0.2, 0) is 16.0 Å². The van der Waals surface area contributed by atoms with Crippen LogP contribution in [0.2, 0.25) is 0 Å². The van der Waals surface area contributed by atoms with Gasteiger partial charge in [-0.25, -0.2) is 4.98 Å². The van der Waals surface area contributed by atoms with Gasteiger partial charge in [0.2, 0.25) is 5.91 Å². The first-order chi connectivity index (χ1) is 15.3. The van der Waals surface area contributed by atoms with Crippen LogP contribution >= 0.6 is 0 Å². The molecule has 2 aromatic carbocycles. The van der Waals surface area contributed by atoms with Gasteiger partial charge in [-0.3, -0.25) is 20.4 Å². The Morgan fingerprint density at radius 2 is 1.69 bits per heavy atom. The summed E-state index contributed by atoms with van der Waals surface area (Å²) in [5.74, 6) is 1.29. The quantitative estimate of drug-likeness (QED) is 0.516. The smallest absolute Gasteiger partial charge is 0.276 e. The third-order valence-electron chi connectivity index (χ3n) is 4.95.